The molecule has 3 rings (SSSR count). The van der Waals surface area contributed by atoms with Crippen LogP contribution in [0, 0.1) is 0 Å². The van der Waals surface area contributed by atoms with Gasteiger partial charge in [0.2, 0.25) is 0 Å². The molecular formula is C17H19N3O. The van der Waals surface area contributed by atoms with Crippen molar-refractivity contribution in [3.8, 4) is 0 Å². The second kappa shape index (κ2) is 6.39. The molecule has 4 nitrogen and oxygen atoms in total. The molecule has 108 valence electrons. The molecule has 0 aliphatic carbocycles. The summed E-state index contributed by atoms with van der Waals surface area (Å²) in [4.78, 5) is 16.3. The Labute approximate surface area is 124 Å². The predicted octanol–water partition coefficient (Wildman–Crippen LogP) is 2.41. The molecule has 1 amide bonds. The molecule has 2 heterocycles. The van der Waals surface area contributed by atoms with Gasteiger partial charge in [0, 0.05) is 36.7 Å². The van der Waals surface area contributed by atoms with E-state index in [1.165, 1.54) is 5.56 Å². The Morgan fingerprint density at radius 2 is 2.10 bits per heavy atom. The lowest BCUT2D eigenvalue weighted by Gasteiger charge is -2.20. The normalized spacial score (nSPS) is 13.1. The molecule has 0 spiro atoms. The Morgan fingerprint density at radius 3 is 2.95 bits per heavy atom. The fourth-order valence-electron chi connectivity index (χ4n) is 2.69. The Balaban J connectivity index is 1.63. The fraction of sp³-hybridized carbons (Fsp3) is 0.294. The van der Waals surface area contributed by atoms with E-state index in [9.17, 15) is 4.79 Å². The number of nitrogens with zero attached hydrogens (tertiary/aromatic N) is 1. The number of pyridine rings is 1. The third-order valence-corrected chi connectivity index (χ3v) is 3.79. The molecule has 2 N–H and O–H groups in total. The largest absolute Gasteiger partial charge is 0.385 e. The molecule has 0 bridgehead atoms. The van der Waals surface area contributed by atoms with Crippen molar-refractivity contribution in [1.82, 2.24) is 10.3 Å². The fourth-order valence-corrected chi connectivity index (χ4v) is 2.69. The molecular weight excluding hydrogens is 262 g/mol. The van der Waals surface area contributed by atoms with Crippen LogP contribution in [0.3, 0.4) is 0 Å². The van der Waals surface area contributed by atoms with Gasteiger partial charge in [0.15, 0.2) is 0 Å². The van der Waals surface area contributed by atoms with E-state index >= 15 is 0 Å². The van der Waals surface area contributed by atoms with Gasteiger partial charge in [0.25, 0.3) is 5.91 Å². The number of hydrogen-bond acceptors (Lipinski definition) is 3. The van der Waals surface area contributed by atoms with E-state index in [4.69, 9.17) is 0 Å². The molecule has 21 heavy (non-hydrogen) atoms. The molecule has 0 unspecified atom stereocenters. The first kappa shape index (κ1) is 13.6. The maximum Gasteiger partial charge on any atom is 0.251 e. The van der Waals surface area contributed by atoms with Crippen molar-refractivity contribution >= 4 is 11.6 Å². The van der Waals surface area contributed by atoms with Gasteiger partial charge in [-0.3, -0.25) is 9.78 Å². The second-order valence-electron chi connectivity index (χ2n) is 5.22. The van der Waals surface area contributed by atoms with Gasteiger partial charge >= 0.3 is 0 Å². The Kier molecular flexibility index (Phi) is 4.15. The maximum atomic E-state index is 12.4. The van der Waals surface area contributed by atoms with E-state index in [0.29, 0.717) is 6.54 Å². The zero-order chi connectivity index (χ0) is 14.5. The summed E-state index contributed by atoms with van der Waals surface area (Å²) in [6.07, 6.45) is 6.42. The number of anilines is 1. The molecule has 1 aliphatic rings. The quantitative estimate of drug-likeness (QED) is 0.905. The van der Waals surface area contributed by atoms with Crippen LogP contribution in [0.1, 0.15) is 27.9 Å². The highest BCUT2D eigenvalue weighted by atomic mass is 16.1. The third-order valence-electron chi connectivity index (χ3n) is 3.79. The van der Waals surface area contributed by atoms with Crippen LogP contribution in [-0.2, 0) is 12.8 Å². The van der Waals surface area contributed by atoms with E-state index in [1.807, 2.05) is 30.3 Å². The topological polar surface area (TPSA) is 54.0 Å². The highest BCUT2D eigenvalue weighted by molar-refractivity contribution is 5.97. The van der Waals surface area contributed by atoms with Crippen LogP contribution in [-0.4, -0.2) is 24.0 Å². The van der Waals surface area contributed by atoms with Crippen LogP contribution in [0.15, 0.2) is 42.7 Å². The highest BCUT2D eigenvalue weighted by Crippen LogP contribution is 2.25. The molecule has 0 fully saturated rings. The zero-order valence-electron chi connectivity index (χ0n) is 11.9. The zero-order valence-corrected chi connectivity index (χ0v) is 11.9. The van der Waals surface area contributed by atoms with Crippen LogP contribution in [0.2, 0.25) is 0 Å². The van der Waals surface area contributed by atoms with Crippen LogP contribution in [0.4, 0.5) is 5.69 Å². The summed E-state index contributed by atoms with van der Waals surface area (Å²) in [7, 11) is 0. The Hall–Kier alpha value is -2.36. The average molecular weight is 281 g/mol. The number of aromatic nitrogens is 1. The van der Waals surface area contributed by atoms with Crippen molar-refractivity contribution in [3.63, 3.8) is 0 Å². The number of amides is 1. The van der Waals surface area contributed by atoms with E-state index in [1.54, 1.807) is 12.4 Å². The van der Waals surface area contributed by atoms with E-state index in [-0.39, 0.29) is 5.91 Å². The lowest BCUT2D eigenvalue weighted by Crippen LogP contribution is -2.27. The van der Waals surface area contributed by atoms with E-state index in [2.05, 4.69) is 15.6 Å². The first-order chi connectivity index (χ1) is 10.3. The summed E-state index contributed by atoms with van der Waals surface area (Å²) in [6, 6.07) is 9.84. The number of benzene rings is 1. The van der Waals surface area contributed by atoms with Gasteiger partial charge < -0.3 is 10.6 Å². The number of nitrogens with one attached hydrogen (secondary N) is 2. The summed E-state index contributed by atoms with van der Waals surface area (Å²) in [5.74, 6) is 0.0182. The van der Waals surface area contributed by atoms with Crippen molar-refractivity contribution in [2.24, 2.45) is 0 Å². The van der Waals surface area contributed by atoms with Gasteiger partial charge in [-0.2, -0.15) is 0 Å². The molecule has 0 radical (unpaired) electrons. The summed E-state index contributed by atoms with van der Waals surface area (Å²) in [5.41, 5.74) is 4.23. The maximum absolute atomic E-state index is 12.4. The van der Waals surface area contributed by atoms with Crippen LogP contribution >= 0.6 is 0 Å². The molecule has 1 aromatic heterocycles. The summed E-state index contributed by atoms with van der Waals surface area (Å²) in [6.45, 7) is 1.63. The van der Waals surface area contributed by atoms with E-state index < -0.39 is 0 Å². The minimum absolute atomic E-state index is 0.0182. The van der Waals surface area contributed by atoms with Gasteiger partial charge in [-0.25, -0.2) is 0 Å². The first-order valence-electron chi connectivity index (χ1n) is 7.37. The standard InChI is InChI=1S/C17H19N3O/c21-17(20-12-8-13-6-10-18-11-7-13)15-3-1-5-16-14(15)4-2-9-19-16/h1,3,5-7,10-11,19H,2,4,8-9,12H2,(H,20,21). The SMILES string of the molecule is O=C(NCCc1ccncc1)c1cccc2c1CCCN2. The molecule has 0 atom stereocenters. The van der Waals surface area contributed by atoms with Crippen molar-refractivity contribution in [2.75, 3.05) is 18.4 Å². The number of hydrogen-bond donors (Lipinski definition) is 2. The van der Waals surface area contributed by atoms with Gasteiger partial charge in [0.05, 0.1) is 0 Å². The number of carbonyl (C=O) groups excluding carboxylic acids is 1. The summed E-state index contributed by atoms with van der Waals surface area (Å²) >= 11 is 0. The van der Waals surface area contributed by atoms with Crippen LogP contribution in [0.25, 0.3) is 0 Å². The van der Waals surface area contributed by atoms with Gasteiger partial charge in [-0.15, -0.1) is 0 Å². The number of rotatable bonds is 4. The Bertz CT molecular complexity index is 625. The summed E-state index contributed by atoms with van der Waals surface area (Å²) in [5, 5.41) is 6.36. The molecule has 2 aromatic rings. The summed E-state index contributed by atoms with van der Waals surface area (Å²) < 4.78 is 0. The second-order valence-corrected chi connectivity index (χ2v) is 5.22. The smallest absolute Gasteiger partial charge is 0.251 e. The van der Waals surface area contributed by atoms with Gasteiger partial charge in [0.1, 0.15) is 0 Å². The highest BCUT2D eigenvalue weighted by Gasteiger charge is 2.16. The molecule has 1 aliphatic heterocycles. The minimum Gasteiger partial charge on any atom is -0.385 e. The third kappa shape index (κ3) is 3.21. The molecule has 1 aromatic carbocycles. The number of fused-ring (bicyclic) bond motifs is 1. The van der Waals surface area contributed by atoms with Gasteiger partial charge in [-0.1, -0.05) is 6.07 Å². The van der Waals surface area contributed by atoms with E-state index in [0.717, 1.165) is 42.6 Å². The predicted molar refractivity (Wildman–Crippen MR) is 83.5 cm³/mol. The average Bonchev–Trinajstić information content (AvgIpc) is 2.55. The Morgan fingerprint density at radius 1 is 1.24 bits per heavy atom. The van der Waals surface area contributed by atoms with Crippen molar-refractivity contribution < 1.29 is 4.79 Å². The lowest BCUT2D eigenvalue weighted by atomic mass is 9.97. The first-order valence-corrected chi connectivity index (χ1v) is 7.37. The minimum atomic E-state index is 0.0182. The van der Waals surface area contributed by atoms with Crippen molar-refractivity contribution in [3.05, 3.63) is 59.4 Å². The molecule has 0 saturated carbocycles. The van der Waals surface area contributed by atoms with Crippen molar-refractivity contribution in [1.29, 1.82) is 0 Å². The van der Waals surface area contributed by atoms with Crippen LogP contribution in [0.5, 0.6) is 0 Å². The molecule has 4 heteroatoms. The van der Waals surface area contributed by atoms with Gasteiger partial charge in [-0.05, 0) is 54.7 Å². The number of carbonyl (C=O) groups is 1. The van der Waals surface area contributed by atoms with Crippen molar-refractivity contribution in [2.45, 2.75) is 19.3 Å². The lowest BCUT2D eigenvalue weighted by molar-refractivity contribution is 0.0953. The molecule has 0 saturated heterocycles. The monoisotopic (exact) mass is 281 g/mol. The van der Waals surface area contributed by atoms with Crippen LogP contribution < -0.4 is 10.6 Å².